The number of hydrogen-bond donors (Lipinski definition) is 0. The lowest BCUT2D eigenvalue weighted by molar-refractivity contribution is 0.0276. The summed E-state index contributed by atoms with van der Waals surface area (Å²) >= 11 is 0. The molecule has 3 fully saturated rings. The van der Waals surface area contributed by atoms with Crippen LogP contribution in [0.25, 0.3) is 0 Å². The molecular formula is C22H33N3O4S. The number of anilines is 2. The lowest BCUT2D eigenvalue weighted by Crippen LogP contribution is -2.40. The highest BCUT2D eigenvalue weighted by atomic mass is 32.2. The van der Waals surface area contributed by atoms with E-state index in [1.54, 1.807) is 0 Å². The van der Waals surface area contributed by atoms with Gasteiger partial charge in [0.05, 0.1) is 11.5 Å². The summed E-state index contributed by atoms with van der Waals surface area (Å²) in [6, 6.07) is 8.47. The van der Waals surface area contributed by atoms with Crippen molar-refractivity contribution in [3.05, 3.63) is 24.3 Å². The molecular weight excluding hydrogens is 402 g/mol. The van der Waals surface area contributed by atoms with Crippen LogP contribution in [-0.4, -0.2) is 75.8 Å². The molecule has 0 aromatic heterocycles. The minimum absolute atomic E-state index is 0.150. The van der Waals surface area contributed by atoms with Gasteiger partial charge in [-0.15, -0.1) is 0 Å². The van der Waals surface area contributed by atoms with Crippen molar-refractivity contribution in [1.82, 2.24) is 4.90 Å². The summed E-state index contributed by atoms with van der Waals surface area (Å²) in [6.45, 7) is 10.3. The first-order chi connectivity index (χ1) is 14.0. The van der Waals surface area contributed by atoms with Crippen LogP contribution >= 0.6 is 0 Å². The quantitative estimate of drug-likeness (QED) is 0.712. The van der Waals surface area contributed by atoms with Crippen LogP contribution in [0.4, 0.5) is 16.2 Å². The molecule has 1 aromatic rings. The predicted molar refractivity (Wildman–Crippen MR) is 119 cm³/mol. The van der Waals surface area contributed by atoms with Gasteiger partial charge < -0.3 is 19.4 Å². The highest BCUT2D eigenvalue weighted by molar-refractivity contribution is 7.91. The summed E-state index contributed by atoms with van der Waals surface area (Å²) in [6.07, 6.45) is 1.90. The fourth-order valence-corrected chi connectivity index (χ4v) is 5.95. The average molecular weight is 436 g/mol. The summed E-state index contributed by atoms with van der Waals surface area (Å²) in [4.78, 5) is 18.8. The van der Waals surface area contributed by atoms with Gasteiger partial charge in [0.25, 0.3) is 0 Å². The van der Waals surface area contributed by atoms with Gasteiger partial charge in [0.1, 0.15) is 5.60 Å². The van der Waals surface area contributed by atoms with Crippen LogP contribution in [0.2, 0.25) is 0 Å². The van der Waals surface area contributed by atoms with Crippen molar-refractivity contribution >= 4 is 27.3 Å². The number of nitrogens with zero attached hydrogens (tertiary/aromatic N) is 3. The Labute approximate surface area is 179 Å². The molecule has 0 saturated carbocycles. The van der Waals surface area contributed by atoms with E-state index in [9.17, 15) is 13.2 Å². The first-order valence-electron chi connectivity index (χ1n) is 10.8. The van der Waals surface area contributed by atoms with E-state index in [4.69, 9.17) is 4.74 Å². The van der Waals surface area contributed by atoms with Crippen LogP contribution in [0, 0.1) is 5.41 Å². The second-order valence-corrected chi connectivity index (χ2v) is 12.3. The highest BCUT2D eigenvalue weighted by Gasteiger charge is 2.45. The smallest absolute Gasteiger partial charge is 0.410 e. The third-order valence-corrected chi connectivity index (χ3v) is 8.06. The Kier molecular flexibility index (Phi) is 5.41. The Morgan fingerprint density at radius 1 is 0.900 bits per heavy atom. The van der Waals surface area contributed by atoms with E-state index in [1.165, 1.54) is 5.69 Å². The fourth-order valence-electron chi connectivity index (χ4n) is 4.75. The number of hydrogen-bond acceptors (Lipinski definition) is 6. The molecule has 1 amide bonds. The maximum absolute atomic E-state index is 12.4. The molecule has 1 spiro atoms. The van der Waals surface area contributed by atoms with Gasteiger partial charge in [-0.3, -0.25) is 0 Å². The van der Waals surface area contributed by atoms with Gasteiger partial charge in [0.15, 0.2) is 9.84 Å². The van der Waals surface area contributed by atoms with Crippen molar-refractivity contribution in [3.63, 3.8) is 0 Å². The minimum atomic E-state index is -2.87. The van der Waals surface area contributed by atoms with E-state index >= 15 is 0 Å². The maximum atomic E-state index is 12.4. The molecule has 30 heavy (non-hydrogen) atoms. The van der Waals surface area contributed by atoms with Crippen molar-refractivity contribution in [2.75, 3.05) is 60.6 Å². The van der Waals surface area contributed by atoms with Gasteiger partial charge in [-0.05, 0) is 57.9 Å². The normalized spacial score (nSPS) is 26.4. The maximum Gasteiger partial charge on any atom is 0.410 e. The van der Waals surface area contributed by atoms with Crippen molar-refractivity contribution in [2.45, 2.75) is 39.2 Å². The first kappa shape index (κ1) is 21.3. The van der Waals surface area contributed by atoms with Crippen molar-refractivity contribution in [3.8, 4) is 0 Å². The number of carbonyl (C=O) groups is 1. The number of carbonyl (C=O) groups excluding carboxylic acids is 1. The number of rotatable bonds is 2. The first-order valence-corrected chi connectivity index (χ1v) is 12.6. The molecule has 1 atom stereocenters. The van der Waals surface area contributed by atoms with E-state index < -0.39 is 15.4 Å². The topological polar surface area (TPSA) is 70.2 Å². The molecule has 4 rings (SSSR count). The van der Waals surface area contributed by atoms with Gasteiger partial charge in [0, 0.05) is 56.1 Å². The van der Waals surface area contributed by atoms with Crippen LogP contribution in [0.15, 0.2) is 24.3 Å². The summed E-state index contributed by atoms with van der Waals surface area (Å²) in [5, 5.41) is 0. The predicted octanol–water partition coefficient (Wildman–Crippen LogP) is 2.76. The lowest BCUT2D eigenvalue weighted by Gasteiger charge is -2.29. The van der Waals surface area contributed by atoms with Crippen LogP contribution in [0.1, 0.15) is 33.6 Å². The van der Waals surface area contributed by atoms with E-state index in [-0.39, 0.29) is 23.0 Å². The summed E-state index contributed by atoms with van der Waals surface area (Å²) in [7, 11) is -2.87. The molecule has 3 aliphatic heterocycles. The Hall–Kier alpha value is -1.96. The van der Waals surface area contributed by atoms with Crippen molar-refractivity contribution < 1.29 is 17.9 Å². The van der Waals surface area contributed by atoms with E-state index in [2.05, 4.69) is 34.1 Å². The van der Waals surface area contributed by atoms with Crippen molar-refractivity contribution in [1.29, 1.82) is 0 Å². The second-order valence-electron chi connectivity index (χ2n) is 9.98. The third-order valence-electron chi connectivity index (χ3n) is 6.45. The van der Waals surface area contributed by atoms with E-state index in [0.717, 1.165) is 44.7 Å². The summed E-state index contributed by atoms with van der Waals surface area (Å²) < 4.78 is 28.8. The highest BCUT2D eigenvalue weighted by Crippen LogP contribution is 2.41. The summed E-state index contributed by atoms with van der Waals surface area (Å²) in [5.74, 6) is 0.467. The molecule has 166 valence electrons. The zero-order valence-corrected chi connectivity index (χ0v) is 19.1. The molecule has 3 aliphatic rings. The van der Waals surface area contributed by atoms with E-state index in [0.29, 0.717) is 13.1 Å². The SMILES string of the molecule is CC(C)(C)OC(=O)N1CCC2(CCN(c3ccc(N4CCS(=O)(=O)CC4)cc3)C2)C1. The Morgan fingerprint density at radius 2 is 1.47 bits per heavy atom. The average Bonchev–Trinajstić information content (AvgIpc) is 3.28. The van der Waals surface area contributed by atoms with E-state index in [1.807, 2.05) is 25.7 Å². The molecule has 1 aromatic carbocycles. The molecule has 0 bridgehead atoms. The molecule has 3 heterocycles. The molecule has 0 radical (unpaired) electrons. The lowest BCUT2D eigenvalue weighted by atomic mass is 9.86. The molecule has 0 N–H and O–H groups in total. The van der Waals surface area contributed by atoms with Crippen LogP contribution < -0.4 is 9.80 Å². The van der Waals surface area contributed by atoms with Crippen LogP contribution in [-0.2, 0) is 14.6 Å². The zero-order valence-electron chi connectivity index (χ0n) is 18.3. The largest absolute Gasteiger partial charge is 0.444 e. The van der Waals surface area contributed by atoms with Gasteiger partial charge in [0.2, 0.25) is 0 Å². The molecule has 7 nitrogen and oxygen atoms in total. The Bertz CT molecular complexity index is 880. The number of ether oxygens (including phenoxy) is 1. The number of benzene rings is 1. The van der Waals surface area contributed by atoms with Gasteiger partial charge in [-0.25, -0.2) is 13.2 Å². The molecule has 0 aliphatic carbocycles. The zero-order chi connectivity index (χ0) is 21.6. The fraction of sp³-hybridized carbons (Fsp3) is 0.682. The Balaban J connectivity index is 1.35. The summed E-state index contributed by atoms with van der Waals surface area (Å²) in [5.41, 5.74) is 1.96. The monoisotopic (exact) mass is 435 g/mol. The number of amides is 1. The number of sulfone groups is 1. The van der Waals surface area contributed by atoms with Crippen LogP contribution in [0.5, 0.6) is 0 Å². The van der Waals surface area contributed by atoms with Gasteiger partial charge in [-0.1, -0.05) is 0 Å². The second kappa shape index (κ2) is 7.62. The minimum Gasteiger partial charge on any atom is -0.444 e. The number of likely N-dealkylation sites (tertiary alicyclic amines) is 1. The Morgan fingerprint density at radius 3 is 2.07 bits per heavy atom. The van der Waals surface area contributed by atoms with Gasteiger partial charge in [-0.2, -0.15) is 0 Å². The standard InChI is InChI=1S/C22H33N3O4S/c1-21(2,3)29-20(26)25-11-9-22(17-25)8-10-24(16-22)19-6-4-18(5-7-19)23-12-14-30(27,28)15-13-23/h4-7H,8-17H2,1-3H3. The third kappa shape index (κ3) is 4.68. The molecule has 1 unspecified atom stereocenters. The molecule has 3 saturated heterocycles. The van der Waals surface area contributed by atoms with Gasteiger partial charge >= 0.3 is 6.09 Å². The van der Waals surface area contributed by atoms with Crippen molar-refractivity contribution in [2.24, 2.45) is 5.41 Å². The molecule has 8 heteroatoms. The van der Waals surface area contributed by atoms with Crippen LogP contribution in [0.3, 0.4) is 0 Å².